The zero-order chi connectivity index (χ0) is 12.3. The fourth-order valence-corrected chi connectivity index (χ4v) is 1.51. The molecule has 0 aliphatic carbocycles. The Morgan fingerprint density at radius 2 is 2.00 bits per heavy atom. The highest BCUT2D eigenvalue weighted by Gasteiger charge is 2.08. The molecule has 0 amide bonds. The number of para-hydroxylation sites is 1. The number of benzene rings is 1. The van der Waals surface area contributed by atoms with Crippen LogP contribution in [0.3, 0.4) is 0 Å². The zero-order valence-electron chi connectivity index (χ0n) is 9.26. The van der Waals surface area contributed by atoms with Gasteiger partial charge in [-0.2, -0.15) is 5.26 Å². The van der Waals surface area contributed by atoms with Crippen LogP contribution in [0.15, 0.2) is 42.6 Å². The van der Waals surface area contributed by atoms with Crippen LogP contribution in [0, 0.1) is 17.1 Å². The molecule has 17 heavy (non-hydrogen) atoms. The third-order valence-electron chi connectivity index (χ3n) is 2.46. The molecular weight excluding hydrogens is 217 g/mol. The van der Waals surface area contributed by atoms with Gasteiger partial charge in [-0.3, -0.25) is 0 Å². The van der Waals surface area contributed by atoms with Crippen molar-refractivity contribution in [1.82, 2.24) is 4.98 Å². The van der Waals surface area contributed by atoms with Gasteiger partial charge in [-0.05, 0) is 24.3 Å². The molecule has 1 aromatic carbocycles. The third kappa shape index (κ3) is 2.23. The summed E-state index contributed by atoms with van der Waals surface area (Å²) in [5.74, 6) is -0.292. The molecule has 0 N–H and O–H groups in total. The van der Waals surface area contributed by atoms with Crippen molar-refractivity contribution in [1.29, 1.82) is 5.26 Å². The van der Waals surface area contributed by atoms with Crippen molar-refractivity contribution in [2.45, 2.75) is 0 Å². The fourth-order valence-electron chi connectivity index (χ4n) is 1.51. The number of pyridine rings is 1. The lowest BCUT2D eigenvalue weighted by Gasteiger charge is -2.19. The summed E-state index contributed by atoms with van der Waals surface area (Å²) in [6.45, 7) is 0. The first-order valence-electron chi connectivity index (χ1n) is 5.07. The highest BCUT2D eigenvalue weighted by molar-refractivity contribution is 5.62. The molecule has 3 nitrogen and oxygen atoms in total. The van der Waals surface area contributed by atoms with Crippen molar-refractivity contribution in [3.05, 3.63) is 54.1 Å². The van der Waals surface area contributed by atoms with Gasteiger partial charge >= 0.3 is 0 Å². The smallest absolute Gasteiger partial charge is 0.146 e. The number of hydrogen-bond acceptors (Lipinski definition) is 3. The number of halogens is 1. The van der Waals surface area contributed by atoms with Crippen LogP contribution in [0.1, 0.15) is 5.69 Å². The Balaban J connectivity index is 2.34. The molecule has 0 atom stereocenters. The molecule has 0 spiro atoms. The van der Waals surface area contributed by atoms with Crippen molar-refractivity contribution in [3.63, 3.8) is 0 Å². The standard InChI is InChI=1S/C13H10FN3/c1-17(13-5-3-2-4-12(13)14)11-7-6-10(8-15)16-9-11/h2-7,9H,1H3. The summed E-state index contributed by atoms with van der Waals surface area (Å²) >= 11 is 0. The van der Waals surface area contributed by atoms with E-state index in [0.29, 0.717) is 11.4 Å². The first-order chi connectivity index (χ1) is 8.22. The number of nitriles is 1. The van der Waals surface area contributed by atoms with Crippen molar-refractivity contribution < 1.29 is 4.39 Å². The molecule has 0 saturated heterocycles. The van der Waals surface area contributed by atoms with Crippen LogP contribution >= 0.6 is 0 Å². The average Bonchev–Trinajstić information content (AvgIpc) is 2.39. The number of rotatable bonds is 2. The van der Waals surface area contributed by atoms with Gasteiger partial charge in [-0.15, -0.1) is 0 Å². The van der Waals surface area contributed by atoms with Gasteiger partial charge in [-0.1, -0.05) is 12.1 Å². The van der Waals surface area contributed by atoms with E-state index in [0.717, 1.165) is 5.69 Å². The van der Waals surface area contributed by atoms with Crippen molar-refractivity contribution in [2.75, 3.05) is 11.9 Å². The van der Waals surface area contributed by atoms with Crippen LogP contribution in [0.4, 0.5) is 15.8 Å². The molecule has 0 saturated carbocycles. The van der Waals surface area contributed by atoms with E-state index in [-0.39, 0.29) is 5.82 Å². The van der Waals surface area contributed by atoms with Crippen LogP contribution in [0.5, 0.6) is 0 Å². The molecule has 84 valence electrons. The minimum Gasteiger partial charge on any atom is -0.341 e. The van der Waals surface area contributed by atoms with E-state index in [2.05, 4.69) is 4.98 Å². The third-order valence-corrected chi connectivity index (χ3v) is 2.46. The lowest BCUT2D eigenvalue weighted by Crippen LogP contribution is -2.11. The van der Waals surface area contributed by atoms with Gasteiger partial charge in [0.15, 0.2) is 0 Å². The predicted molar refractivity (Wildman–Crippen MR) is 63.4 cm³/mol. The zero-order valence-corrected chi connectivity index (χ0v) is 9.26. The molecular formula is C13H10FN3. The lowest BCUT2D eigenvalue weighted by atomic mass is 10.2. The van der Waals surface area contributed by atoms with E-state index in [1.54, 1.807) is 48.5 Å². The van der Waals surface area contributed by atoms with Crippen LogP contribution in [0.2, 0.25) is 0 Å². The highest BCUT2D eigenvalue weighted by atomic mass is 19.1. The number of anilines is 2. The number of hydrogen-bond donors (Lipinski definition) is 0. The average molecular weight is 227 g/mol. The second-order valence-corrected chi connectivity index (χ2v) is 3.52. The predicted octanol–water partition coefficient (Wildman–Crippen LogP) is 2.86. The maximum atomic E-state index is 13.6. The number of aromatic nitrogens is 1. The van der Waals surface area contributed by atoms with Gasteiger partial charge in [-0.25, -0.2) is 9.37 Å². The van der Waals surface area contributed by atoms with Crippen molar-refractivity contribution >= 4 is 11.4 Å². The lowest BCUT2D eigenvalue weighted by molar-refractivity contribution is 0.627. The van der Waals surface area contributed by atoms with Gasteiger partial charge in [0.05, 0.1) is 17.6 Å². The van der Waals surface area contributed by atoms with Gasteiger partial charge < -0.3 is 4.90 Å². The van der Waals surface area contributed by atoms with Crippen LogP contribution < -0.4 is 4.90 Å². The Bertz CT molecular complexity index is 558. The Hall–Kier alpha value is -2.41. The van der Waals surface area contributed by atoms with Crippen LogP contribution in [0.25, 0.3) is 0 Å². The molecule has 0 fully saturated rings. The molecule has 2 aromatic rings. The number of nitrogens with zero attached hydrogens (tertiary/aromatic N) is 3. The molecule has 0 aliphatic heterocycles. The first-order valence-corrected chi connectivity index (χ1v) is 5.07. The Morgan fingerprint density at radius 3 is 2.59 bits per heavy atom. The van der Waals surface area contributed by atoms with E-state index in [4.69, 9.17) is 5.26 Å². The SMILES string of the molecule is CN(c1ccc(C#N)nc1)c1ccccc1F. The van der Waals surface area contributed by atoms with Crippen molar-refractivity contribution in [2.24, 2.45) is 0 Å². The fraction of sp³-hybridized carbons (Fsp3) is 0.0769. The molecule has 0 radical (unpaired) electrons. The summed E-state index contributed by atoms with van der Waals surface area (Å²) in [4.78, 5) is 5.63. The summed E-state index contributed by atoms with van der Waals surface area (Å²) < 4.78 is 13.6. The summed E-state index contributed by atoms with van der Waals surface area (Å²) in [5.41, 5.74) is 1.55. The summed E-state index contributed by atoms with van der Waals surface area (Å²) in [7, 11) is 1.75. The first kappa shape index (κ1) is 11.1. The molecule has 0 unspecified atom stereocenters. The topological polar surface area (TPSA) is 39.9 Å². The molecule has 4 heteroatoms. The Kier molecular flexibility index (Phi) is 3.01. The normalized spacial score (nSPS) is 9.71. The van der Waals surface area contributed by atoms with Gasteiger partial charge in [0.1, 0.15) is 17.6 Å². The van der Waals surface area contributed by atoms with Gasteiger partial charge in [0.25, 0.3) is 0 Å². The maximum Gasteiger partial charge on any atom is 0.146 e. The van der Waals surface area contributed by atoms with E-state index in [1.807, 2.05) is 6.07 Å². The minimum absolute atomic E-state index is 0.292. The Morgan fingerprint density at radius 1 is 1.24 bits per heavy atom. The Labute approximate surface area is 98.8 Å². The maximum absolute atomic E-state index is 13.6. The van der Waals surface area contributed by atoms with Crippen molar-refractivity contribution in [3.8, 4) is 6.07 Å². The highest BCUT2D eigenvalue weighted by Crippen LogP contribution is 2.25. The molecule has 0 aliphatic rings. The summed E-state index contributed by atoms with van der Waals surface area (Å²) in [5, 5.41) is 8.64. The van der Waals surface area contributed by atoms with Crippen LogP contribution in [-0.2, 0) is 0 Å². The quantitative estimate of drug-likeness (QED) is 0.792. The van der Waals surface area contributed by atoms with Crippen LogP contribution in [-0.4, -0.2) is 12.0 Å². The van der Waals surface area contributed by atoms with Gasteiger partial charge in [0, 0.05) is 7.05 Å². The second kappa shape index (κ2) is 4.62. The summed E-state index contributed by atoms with van der Waals surface area (Å²) in [6, 6.07) is 11.8. The van der Waals surface area contributed by atoms with E-state index in [1.165, 1.54) is 6.07 Å². The molecule has 0 bridgehead atoms. The van der Waals surface area contributed by atoms with E-state index < -0.39 is 0 Å². The molecule has 1 aromatic heterocycles. The minimum atomic E-state index is -0.292. The van der Waals surface area contributed by atoms with Gasteiger partial charge in [0.2, 0.25) is 0 Å². The molecule has 2 rings (SSSR count). The molecule has 1 heterocycles. The second-order valence-electron chi connectivity index (χ2n) is 3.52. The summed E-state index contributed by atoms with van der Waals surface area (Å²) in [6.07, 6.45) is 1.55. The monoisotopic (exact) mass is 227 g/mol. The van der Waals surface area contributed by atoms with E-state index >= 15 is 0 Å². The largest absolute Gasteiger partial charge is 0.341 e. The van der Waals surface area contributed by atoms with E-state index in [9.17, 15) is 4.39 Å².